The van der Waals surface area contributed by atoms with Gasteiger partial charge >= 0.3 is 0 Å². The molecule has 0 aliphatic carbocycles. The Hall–Kier alpha value is -1.90. The highest BCUT2D eigenvalue weighted by Crippen LogP contribution is 2.18. The van der Waals surface area contributed by atoms with Crippen LogP contribution in [0.4, 0.5) is 11.6 Å². The number of halogens is 1. The highest BCUT2D eigenvalue weighted by atomic mass is 35.5. The Bertz CT molecular complexity index is 738. The van der Waals surface area contributed by atoms with Crippen molar-refractivity contribution in [3.8, 4) is 0 Å². The lowest BCUT2D eigenvalue weighted by Crippen LogP contribution is -2.14. The number of hydrogen-bond acceptors (Lipinski definition) is 6. The number of benzene rings is 1. The maximum Gasteiger partial charge on any atom is 0.263 e. The van der Waals surface area contributed by atoms with Gasteiger partial charge in [0.2, 0.25) is 0 Å². The van der Waals surface area contributed by atoms with Gasteiger partial charge in [0, 0.05) is 25.3 Å². The van der Waals surface area contributed by atoms with Crippen molar-refractivity contribution in [1.82, 2.24) is 10.2 Å². The van der Waals surface area contributed by atoms with Crippen molar-refractivity contribution in [3.05, 3.63) is 41.4 Å². The highest BCUT2D eigenvalue weighted by Gasteiger charge is 2.15. The van der Waals surface area contributed by atoms with Crippen molar-refractivity contribution in [2.45, 2.75) is 11.3 Å². The van der Waals surface area contributed by atoms with Gasteiger partial charge in [-0.15, -0.1) is 10.2 Å². The lowest BCUT2D eigenvalue weighted by Gasteiger charge is -2.08. The van der Waals surface area contributed by atoms with E-state index in [0.717, 1.165) is 6.42 Å². The summed E-state index contributed by atoms with van der Waals surface area (Å²) in [5.74, 6) is 0.694. The summed E-state index contributed by atoms with van der Waals surface area (Å²) >= 11 is 5.81. The van der Waals surface area contributed by atoms with Crippen LogP contribution in [0.3, 0.4) is 0 Å². The van der Waals surface area contributed by atoms with Crippen LogP contribution in [0.5, 0.6) is 0 Å². The minimum absolute atomic E-state index is 0.0635. The van der Waals surface area contributed by atoms with Crippen LogP contribution in [0.2, 0.25) is 5.02 Å². The molecule has 0 bridgehead atoms. The fourth-order valence-corrected chi connectivity index (χ4v) is 3.04. The van der Waals surface area contributed by atoms with Crippen LogP contribution in [0.25, 0.3) is 0 Å². The van der Waals surface area contributed by atoms with Crippen molar-refractivity contribution >= 4 is 33.3 Å². The Morgan fingerprint density at radius 2 is 1.91 bits per heavy atom. The third-order valence-corrected chi connectivity index (χ3v) is 4.43. The number of rotatable bonds is 8. The summed E-state index contributed by atoms with van der Waals surface area (Å²) < 4.78 is 31.7. The lowest BCUT2D eigenvalue weighted by atomic mass is 10.4. The SMILES string of the molecule is COCCCNc1ccc(NS(=O)(=O)c2cccc(Cl)c2)nn1. The average molecular weight is 357 g/mol. The summed E-state index contributed by atoms with van der Waals surface area (Å²) in [5, 5.41) is 11.2. The van der Waals surface area contributed by atoms with Gasteiger partial charge in [-0.05, 0) is 36.8 Å². The molecule has 0 radical (unpaired) electrons. The number of ether oxygens (including phenoxy) is 1. The molecule has 1 aromatic carbocycles. The van der Waals surface area contributed by atoms with Crippen LogP contribution in [-0.4, -0.2) is 38.9 Å². The number of anilines is 2. The van der Waals surface area contributed by atoms with Gasteiger partial charge in [-0.2, -0.15) is 0 Å². The van der Waals surface area contributed by atoms with Gasteiger partial charge in [0.15, 0.2) is 5.82 Å². The number of nitrogens with zero attached hydrogens (tertiary/aromatic N) is 2. The Morgan fingerprint density at radius 1 is 1.17 bits per heavy atom. The monoisotopic (exact) mass is 356 g/mol. The number of hydrogen-bond donors (Lipinski definition) is 2. The molecule has 1 aromatic heterocycles. The first kappa shape index (κ1) is 17.5. The van der Waals surface area contributed by atoms with E-state index in [1.54, 1.807) is 25.3 Å². The second-order valence-corrected chi connectivity index (χ2v) is 6.76. The summed E-state index contributed by atoms with van der Waals surface area (Å²) in [6.07, 6.45) is 0.835. The Labute approximate surface area is 140 Å². The quantitative estimate of drug-likeness (QED) is 0.705. The zero-order valence-electron chi connectivity index (χ0n) is 12.5. The molecular weight excluding hydrogens is 340 g/mol. The molecule has 2 N–H and O–H groups in total. The van der Waals surface area contributed by atoms with Crippen molar-refractivity contribution in [3.63, 3.8) is 0 Å². The van der Waals surface area contributed by atoms with Gasteiger partial charge in [0.1, 0.15) is 5.82 Å². The van der Waals surface area contributed by atoms with E-state index in [9.17, 15) is 8.42 Å². The highest BCUT2D eigenvalue weighted by molar-refractivity contribution is 7.92. The van der Waals surface area contributed by atoms with Crippen molar-refractivity contribution in [1.29, 1.82) is 0 Å². The fraction of sp³-hybridized carbons (Fsp3) is 0.286. The van der Waals surface area contributed by atoms with Gasteiger partial charge in [-0.3, -0.25) is 4.72 Å². The maximum atomic E-state index is 12.2. The van der Waals surface area contributed by atoms with E-state index in [2.05, 4.69) is 20.2 Å². The first-order valence-corrected chi connectivity index (χ1v) is 8.72. The standard InChI is InChI=1S/C14H17ClN4O3S/c1-22-9-3-8-16-13-6-7-14(18-17-13)19-23(20,21)12-5-2-4-11(15)10-12/h2,4-7,10H,3,8-9H2,1H3,(H,16,17)(H,18,19). The summed E-state index contributed by atoms with van der Waals surface area (Å²) in [5.41, 5.74) is 0. The van der Waals surface area contributed by atoms with Crippen LogP contribution in [0, 0.1) is 0 Å². The molecule has 0 amide bonds. The van der Waals surface area contributed by atoms with Crippen LogP contribution in [0.15, 0.2) is 41.3 Å². The Balaban J connectivity index is 2.00. The van der Waals surface area contributed by atoms with E-state index in [1.807, 2.05) is 0 Å². The molecule has 23 heavy (non-hydrogen) atoms. The third-order valence-electron chi connectivity index (χ3n) is 2.84. The van der Waals surface area contributed by atoms with E-state index in [1.165, 1.54) is 18.2 Å². The number of sulfonamides is 1. The van der Waals surface area contributed by atoms with Crippen molar-refractivity contribution < 1.29 is 13.2 Å². The predicted octanol–water partition coefficient (Wildman–Crippen LogP) is 2.38. The third kappa shape index (κ3) is 5.34. The predicted molar refractivity (Wildman–Crippen MR) is 89.3 cm³/mol. The van der Waals surface area contributed by atoms with E-state index in [0.29, 0.717) is 24.0 Å². The smallest absolute Gasteiger partial charge is 0.263 e. The molecule has 0 aliphatic heterocycles. The normalized spacial score (nSPS) is 11.2. The first-order chi connectivity index (χ1) is 11.0. The Kier molecular flexibility index (Phi) is 6.14. The molecule has 0 aliphatic rings. The summed E-state index contributed by atoms with van der Waals surface area (Å²) in [7, 11) is -2.11. The molecule has 0 atom stereocenters. The number of methoxy groups -OCH3 is 1. The molecule has 0 unspecified atom stereocenters. The van der Waals surface area contributed by atoms with Crippen LogP contribution in [0.1, 0.15) is 6.42 Å². The van der Waals surface area contributed by atoms with E-state index in [4.69, 9.17) is 16.3 Å². The number of nitrogens with one attached hydrogen (secondary N) is 2. The minimum Gasteiger partial charge on any atom is -0.385 e. The van der Waals surface area contributed by atoms with Gasteiger partial charge < -0.3 is 10.1 Å². The van der Waals surface area contributed by atoms with Crippen molar-refractivity contribution in [2.24, 2.45) is 0 Å². The topological polar surface area (TPSA) is 93.2 Å². The second kappa shape index (κ2) is 8.09. The molecule has 2 rings (SSSR count). The number of aromatic nitrogens is 2. The van der Waals surface area contributed by atoms with E-state index < -0.39 is 10.0 Å². The maximum absolute atomic E-state index is 12.2. The van der Waals surface area contributed by atoms with Gasteiger partial charge in [-0.25, -0.2) is 8.42 Å². The Morgan fingerprint density at radius 3 is 2.57 bits per heavy atom. The van der Waals surface area contributed by atoms with Crippen LogP contribution >= 0.6 is 11.6 Å². The zero-order valence-corrected chi connectivity index (χ0v) is 14.1. The van der Waals surface area contributed by atoms with Crippen molar-refractivity contribution in [2.75, 3.05) is 30.3 Å². The summed E-state index contributed by atoms with van der Waals surface area (Å²) in [6.45, 7) is 1.34. The van der Waals surface area contributed by atoms with Crippen LogP contribution in [-0.2, 0) is 14.8 Å². The first-order valence-electron chi connectivity index (χ1n) is 6.86. The molecule has 0 spiro atoms. The van der Waals surface area contributed by atoms with Crippen LogP contribution < -0.4 is 10.0 Å². The fourth-order valence-electron chi connectivity index (χ4n) is 1.74. The second-order valence-electron chi connectivity index (χ2n) is 4.64. The molecule has 1 heterocycles. The largest absolute Gasteiger partial charge is 0.385 e. The molecular formula is C14H17ClN4O3S. The molecule has 0 saturated carbocycles. The zero-order chi connectivity index (χ0) is 16.7. The average Bonchev–Trinajstić information content (AvgIpc) is 2.53. The molecule has 7 nitrogen and oxygen atoms in total. The van der Waals surface area contributed by atoms with Gasteiger partial charge in [0.05, 0.1) is 4.90 Å². The molecule has 2 aromatic rings. The molecule has 0 fully saturated rings. The summed E-state index contributed by atoms with van der Waals surface area (Å²) in [4.78, 5) is 0.0635. The lowest BCUT2D eigenvalue weighted by molar-refractivity contribution is 0.197. The molecule has 9 heteroatoms. The van der Waals surface area contributed by atoms with E-state index >= 15 is 0 Å². The molecule has 0 saturated heterocycles. The summed E-state index contributed by atoms with van der Waals surface area (Å²) in [6, 6.07) is 9.17. The molecule has 124 valence electrons. The van der Waals surface area contributed by atoms with Gasteiger partial charge in [-0.1, -0.05) is 17.7 Å². The minimum atomic E-state index is -3.75. The van der Waals surface area contributed by atoms with E-state index in [-0.39, 0.29) is 10.7 Å². The van der Waals surface area contributed by atoms with Gasteiger partial charge in [0.25, 0.3) is 10.0 Å².